The summed E-state index contributed by atoms with van der Waals surface area (Å²) in [5.41, 5.74) is 0.482. The zero-order valence-electron chi connectivity index (χ0n) is 14.8. The molecule has 0 aromatic heterocycles. The van der Waals surface area contributed by atoms with E-state index in [2.05, 4.69) is 24.5 Å². The minimum Gasteiger partial charge on any atom is -0.496 e. The van der Waals surface area contributed by atoms with Crippen LogP contribution < -0.4 is 15.4 Å². The highest BCUT2D eigenvalue weighted by atomic mass is 16.5. The Morgan fingerprint density at radius 1 is 1.21 bits per heavy atom. The molecule has 0 bridgehead atoms. The summed E-state index contributed by atoms with van der Waals surface area (Å²) in [6.45, 7) is 4.77. The zero-order valence-corrected chi connectivity index (χ0v) is 14.8. The first kappa shape index (κ1) is 18.3. The summed E-state index contributed by atoms with van der Waals surface area (Å²) in [6, 6.07) is 7.31. The molecule has 1 fully saturated rings. The summed E-state index contributed by atoms with van der Waals surface area (Å²) < 4.78 is 5.18. The van der Waals surface area contributed by atoms with E-state index < -0.39 is 0 Å². The van der Waals surface area contributed by atoms with Crippen LogP contribution in [0, 0.1) is 11.8 Å². The first-order valence-electron chi connectivity index (χ1n) is 8.73. The molecule has 1 aliphatic carbocycles. The van der Waals surface area contributed by atoms with Crippen molar-refractivity contribution >= 4 is 11.8 Å². The van der Waals surface area contributed by atoms with Crippen LogP contribution in [0.4, 0.5) is 0 Å². The number of carbonyl (C=O) groups excluding carboxylic acids is 2. The molecular formula is C19H28N2O3. The molecule has 132 valence electrons. The average Bonchev–Trinajstić information content (AvgIpc) is 2.58. The van der Waals surface area contributed by atoms with E-state index in [1.807, 2.05) is 6.07 Å². The molecule has 5 nitrogen and oxygen atoms in total. The van der Waals surface area contributed by atoms with Gasteiger partial charge in [0.1, 0.15) is 5.75 Å². The molecule has 0 unspecified atom stereocenters. The van der Waals surface area contributed by atoms with Crippen molar-refractivity contribution in [3.05, 3.63) is 29.8 Å². The molecule has 0 aliphatic heterocycles. The number of rotatable bonds is 6. The van der Waals surface area contributed by atoms with Crippen molar-refractivity contribution in [2.45, 2.75) is 45.6 Å². The third kappa shape index (κ3) is 4.73. The van der Waals surface area contributed by atoms with Gasteiger partial charge in [0.15, 0.2) is 0 Å². The number of ether oxygens (including phenoxy) is 1. The maximum Gasteiger partial charge on any atom is 0.255 e. The van der Waals surface area contributed by atoms with Crippen LogP contribution in [-0.4, -0.2) is 31.5 Å². The fourth-order valence-corrected chi connectivity index (χ4v) is 3.28. The van der Waals surface area contributed by atoms with Gasteiger partial charge >= 0.3 is 0 Å². The van der Waals surface area contributed by atoms with Gasteiger partial charge in [-0.3, -0.25) is 9.59 Å². The molecule has 24 heavy (non-hydrogen) atoms. The van der Waals surface area contributed by atoms with E-state index in [-0.39, 0.29) is 17.9 Å². The van der Waals surface area contributed by atoms with Gasteiger partial charge in [-0.15, -0.1) is 0 Å². The van der Waals surface area contributed by atoms with Gasteiger partial charge in [0.05, 0.1) is 12.7 Å². The van der Waals surface area contributed by atoms with E-state index in [1.165, 1.54) is 20.0 Å². The van der Waals surface area contributed by atoms with Crippen molar-refractivity contribution in [3.8, 4) is 5.75 Å². The molecule has 1 aliphatic rings. The molecule has 0 heterocycles. The second-order valence-electron chi connectivity index (χ2n) is 6.65. The number of amides is 2. The van der Waals surface area contributed by atoms with Crippen molar-refractivity contribution in [1.29, 1.82) is 0 Å². The lowest BCUT2D eigenvalue weighted by atomic mass is 9.78. The standard InChI is InChI=1S/C19H28N2O3/c1-13-7-6-9-16(14(13)2)21-18(22)11-12-20-19(23)15-8-4-5-10-17(15)24-3/h4-5,8,10,13-14,16H,6-7,9,11-12H2,1-3H3,(H,20,23)(H,21,22)/t13-,14-,16-/m1/s1. The topological polar surface area (TPSA) is 67.4 Å². The predicted molar refractivity (Wildman–Crippen MR) is 94.1 cm³/mol. The normalized spacial score (nSPS) is 23.4. The second kappa shape index (κ2) is 8.71. The number of hydrogen-bond donors (Lipinski definition) is 2. The second-order valence-corrected chi connectivity index (χ2v) is 6.65. The summed E-state index contributed by atoms with van der Waals surface area (Å²) in [6.07, 6.45) is 3.74. The van der Waals surface area contributed by atoms with Gasteiger partial charge in [-0.2, -0.15) is 0 Å². The molecule has 2 rings (SSSR count). The van der Waals surface area contributed by atoms with Crippen LogP contribution in [-0.2, 0) is 4.79 Å². The van der Waals surface area contributed by atoms with Crippen molar-refractivity contribution < 1.29 is 14.3 Å². The summed E-state index contributed by atoms with van der Waals surface area (Å²) in [4.78, 5) is 24.3. The molecule has 1 aromatic carbocycles. The third-order valence-corrected chi connectivity index (χ3v) is 5.04. The molecule has 1 saturated carbocycles. The average molecular weight is 332 g/mol. The zero-order chi connectivity index (χ0) is 17.5. The molecule has 2 N–H and O–H groups in total. The lowest BCUT2D eigenvalue weighted by Gasteiger charge is -2.34. The summed E-state index contributed by atoms with van der Waals surface area (Å²) in [5, 5.41) is 5.90. The number of para-hydroxylation sites is 1. The molecule has 2 amide bonds. The van der Waals surface area contributed by atoms with Gasteiger partial charge in [-0.05, 0) is 30.4 Å². The van der Waals surface area contributed by atoms with Gasteiger partial charge in [-0.25, -0.2) is 0 Å². The number of methoxy groups -OCH3 is 1. The van der Waals surface area contributed by atoms with E-state index in [9.17, 15) is 9.59 Å². The Morgan fingerprint density at radius 2 is 1.96 bits per heavy atom. The predicted octanol–water partition coefficient (Wildman–Crippen LogP) is 2.76. The van der Waals surface area contributed by atoms with Gasteiger partial charge in [0, 0.05) is 19.0 Å². The molecule has 1 aromatic rings. The Bertz CT molecular complexity index is 573. The Balaban J connectivity index is 1.77. The summed E-state index contributed by atoms with van der Waals surface area (Å²) in [5.74, 6) is 1.46. The molecule has 3 atom stereocenters. The van der Waals surface area contributed by atoms with E-state index in [1.54, 1.807) is 18.2 Å². The van der Waals surface area contributed by atoms with E-state index in [0.29, 0.717) is 36.1 Å². The molecule has 0 saturated heterocycles. The Morgan fingerprint density at radius 3 is 2.71 bits per heavy atom. The van der Waals surface area contributed by atoms with Crippen LogP contribution >= 0.6 is 0 Å². The Kier molecular flexibility index (Phi) is 6.64. The van der Waals surface area contributed by atoms with Crippen LogP contribution in [0.3, 0.4) is 0 Å². The van der Waals surface area contributed by atoms with Crippen LogP contribution in [0.25, 0.3) is 0 Å². The van der Waals surface area contributed by atoms with E-state index in [0.717, 1.165) is 6.42 Å². The molecular weight excluding hydrogens is 304 g/mol. The lowest BCUT2D eigenvalue weighted by Crippen LogP contribution is -2.44. The summed E-state index contributed by atoms with van der Waals surface area (Å²) in [7, 11) is 1.53. The molecule has 0 spiro atoms. The van der Waals surface area contributed by atoms with Crippen LogP contribution in [0.15, 0.2) is 24.3 Å². The molecule has 5 heteroatoms. The Labute approximate surface area is 144 Å². The number of nitrogens with one attached hydrogen (secondary N) is 2. The van der Waals surface area contributed by atoms with Gasteiger partial charge in [0.25, 0.3) is 5.91 Å². The fraction of sp³-hybridized carbons (Fsp3) is 0.579. The lowest BCUT2D eigenvalue weighted by molar-refractivity contribution is -0.122. The molecule has 0 radical (unpaired) electrons. The van der Waals surface area contributed by atoms with Crippen LogP contribution in [0.5, 0.6) is 5.75 Å². The monoisotopic (exact) mass is 332 g/mol. The van der Waals surface area contributed by atoms with Crippen molar-refractivity contribution in [1.82, 2.24) is 10.6 Å². The van der Waals surface area contributed by atoms with Gasteiger partial charge in [-0.1, -0.05) is 38.8 Å². The third-order valence-electron chi connectivity index (χ3n) is 5.04. The SMILES string of the molecule is COc1ccccc1C(=O)NCCC(=O)N[C@@H]1CCC[C@@H](C)[C@H]1C. The van der Waals surface area contributed by atoms with Crippen LogP contribution in [0.2, 0.25) is 0 Å². The van der Waals surface area contributed by atoms with Gasteiger partial charge < -0.3 is 15.4 Å². The quantitative estimate of drug-likeness (QED) is 0.842. The van der Waals surface area contributed by atoms with Crippen molar-refractivity contribution in [2.24, 2.45) is 11.8 Å². The fourth-order valence-electron chi connectivity index (χ4n) is 3.28. The highest BCUT2D eigenvalue weighted by molar-refractivity contribution is 5.97. The minimum absolute atomic E-state index is 0.00118. The maximum absolute atomic E-state index is 12.2. The van der Waals surface area contributed by atoms with E-state index in [4.69, 9.17) is 4.74 Å². The summed E-state index contributed by atoms with van der Waals surface area (Å²) >= 11 is 0. The number of benzene rings is 1. The minimum atomic E-state index is -0.222. The van der Waals surface area contributed by atoms with Crippen LogP contribution in [0.1, 0.15) is 49.9 Å². The first-order chi connectivity index (χ1) is 11.5. The van der Waals surface area contributed by atoms with E-state index >= 15 is 0 Å². The smallest absolute Gasteiger partial charge is 0.255 e. The largest absolute Gasteiger partial charge is 0.496 e. The first-order valence-corrected chi connectivity index (χ1v) is 8.73. The number of carbonyl (C=O) groups is 2. The maximum atomic E-state index is 12.2. The van der Waals surface area contributed by atoms with Gasteiger partial charge in [0.2, 0.25) is 5.91 Å². The highest BCUT2D eigenvalue weighted by Crippen LogP contribution is 2.29. The number of hydrogen-bond acceptors (Lipinski definition) is 3. The van der Waals surface area contributed by atoms with Crippen molar-refractivity contribution in [2.75, 3.05) is 13.7 Å². The van der Waals surface area contributed by atoms with Crippen molar-refractivity contribution in [3.63, 3.8) is 0 Å². The Hall–Kier alpha value is -2.04. The highest BCUT2D eigenvalue weighted by Gasteiger charge is 2.27.